The van der Waals surface area contributed by atoms with Crippen molar-refractivity contribution in [1.82, 2.24) is 5.32 Å². The molecule has 1 aromatic rings. The fourth-order valence-electron chi connectivity index (χ4n) is 2.10. The SMILES string of the molecule is CC(C)C[C@H](CNC(=O)c1ccc(O)cc1)CC(=O)O. The number of phenols is 1. The van der Waals surface area contributed by atoms with Gasteiger partial charge >= 0.3 is 5.97 Å². The second kappa shape index (κ2) is 7.53. The van der Waals surface area contributed by atoms with Crippen LogP contribution in [0, 0.1) is 11.8 Å². The lowest BCUT2D eigenvalue weighted by Crippen LogP contribution is -2.31. The summed E-state index contributed by atoms with van der Waals surface area (Å²) in [7, 11) is 0. The fourth-order valence-corrected chi connectivity index (χ4v) is 2.10. The van der Waals surface area contributed by atoms with Gasteiger partial charge in [0.25, 0.3) is 5.91 Å². The minimum Gasteiger partial charge on any atom is -0.508 e. The van der Waals surface area contributed by atoms with Crippen LogP contribution in [0.4, 0.5) is 0 Å². The first-order valence-electron chi connectivity index (χ1n) is 6.67. The lowest BCUT2D eigenvalue weighted by molar-refractivity contribution is -0.138. The number of hydrogen-bond acceptors (Lipinski definition) is 3. The molecule has 0 spiro atoms. The first kappa shape index (κ1) is 16.0. The quantitative estimate of drug-likeness (QED) is 0.714. The van der Waals surface area contributed by atoms with Gasteiger partial charge in [-0.25, -0.2) is 0 Å². The highest BCUT2D eigenvalue weighted by molar-refractivity contribution is 5.94. The van der Waals surface area contributed by atoms with E-state index in [-0.39, 0.29) is 24.0 Å². The predicted octanol–water partition coefficient (Wildman–Crippen LogP) is 2.26. The topological polar surface area (TPSA) is 86.6 Å². The number of amides is 1. The van der Waals surface area contributed by atoms with Crippen LogP contribution < -0.4 is 5.32 Å². The minimum absolute atomic E-state index is 0.0496. The molecule has 0 fully saturated rings. The smallest absolute Gasteiger partial charge is 0.303 e. The van der Waals surface area contributed by atoms with Crippen molar-refractivity contribution in [2.45, 2.75) is 26.7 Å². The van der Waals surface area contributed by atoms with Crippen molar-refractivity contribution in [1.29, 1.82) is 0 Å². The normalized spacial score (nSPS) is 12.2. The zero-order chi connectivity index (χ0) is 15.1. The summed E-state index contributed by atoms with van der Waals surface area (Å²) >= 11 is 0. The molecule has 0 aromatic heterocycles. The molecule has 1 amide bonds. The van der Waals surface area contributed by atoms with Crippen LogP contribution in [0.2, 0.25) is 0 Å². The van der Waals surface area contributed by atoms with E-state index in [1.54, 1.807) is 0 Å². The van der Waals surface area contributed by atoms with Crippen LogP contribution >= 0.6 is 0 Å². The van der Waals surface area contributed by atoms with Crippen LogP contribution in [0.1, 0.15) is 37.0 Å². The van der Waals surface area contributed by atoms with Crippen LogP contribution in [0.25, 0.3) is 0 Å². The van der Waals surface area contributed by atoms with Gasteiger partial charge < -0.3 is 15.5 Å². The maximum Gasteiger partial charge on any atom is 0.303 e. The van der Waals surface area contributed by atoms with Crippen molar-refractivity contribution < 1.29 is 19.8 Å². The van der Waals surface area contributed by atoms with Gasteiger partial charge in [-0.2, -0.15) is 0 Å². The molecule has 110 valence electrons. The summed E-state index contributed by atoms with van der Waals surface area (Å²) in [4.78, 5) is 22.7. The zero-order valence-electron chi connectivity index (χ0n) is 11.8. The third-order valence-electron chi connectivity index (χ3n) is 2.95. The van der Waals surface area contributed by atoms with Crippen LogP contribution in [0.5, 0.6) is 5.75 Å². The monoisotopic (exact) mass is 279 g/mol. The number of rotatable bonds is 7. The molecule has 0 radical (unpaired) electrons. The summed E-state index contributed by atoms with van der Waals surface area (Å²) < 4.78 is 0. The summed E-state index contributed by atoms with van der Waals surface area (Å²) in [5, 5.41) is 20.8. The number of carbonyl (C=O) groups is 2. The Bertz CT molecular complexity index is 453. The van der Waals surface area contributed by atoms with Gasteiger partial charge in [-0.3, -0.25) is 9.59 Å². The Morgan fingerprint density at radius 1 is 1.20 bits per heavy atom. The number of carboxylic acids is 1. The molecule has 1 aromatic carbocycles. The Kier molecular flexibility index (Phi) is 6.03. The fraction of sp³-hybridized carbons (Fsp3) is 0.467. The molecule has 0 bridgehead atoms. The van der Waals surface area contributed by atoms with Crippen LogP contribution in [-0.2, 0) is 4.79 Å². The van der Waals surface area contributed by atoms with Gasteiger partial charge in [0.2, 0.25) is 0 Å². The molecule has 5 nitrogen and oxygen atoms in total. The molecular formula is C15H21NO4. The highest BCUT2D eigenvalue weighted by Crippen LogP contribution is 2.15. The van der Waals surface area contributed by atoms with E-state index in [1.807, 2.05) is 13.8 Å². The standard InChI is InChI=1S/C15H21NO4/c1-10(2)7-11(8-14(18)19)9-16-15(20)12-3-5-13(17)6-4-12/h3-6,10-11,17H,7-9H2,1-2H3,(H,16,20)(H,18,19)/t11-/m0/s1. The number of aromatic hydroxyl groups is 1. The van der Waals surface area contributed by atoms with E-state index in [0.29, 0.717) is 18.0 Å². The maximum absolute atomic E-state index is 11.9. The first-order valence-corrected chi connectivity index (χ1v) is 6.67. The Balaban J connectivity index is 2.55. The number of aliphatic carboxylic acids is 1. The molecule has 0 aliphatic carbocycles. The van der Waals surface area contributed by atoms with E-state index in [0.717, 1.165) is 6.42 Å². The molecule has 0 heterocycles. The Hall–Kier alpha value is -2.04. The van der Waals surface area contributed by atoms with Gasteiger partial charge in [0.15, 0.2) is 0 Å². The van der Waals surface area contributed by atoms with E-state index < -0.39 is 5.97 Å². The largest absolute Gasteiger partial charge is 0.508 e. The van der Waals surface area contributed by atoms with Gasteiger partial charge in [0.05, 0.1) is 0 Å². The lowest BCUT2D eigenvalue weighted by atomic mass is 9.94. The second-order valence-corrected chi connectivity index (χ2v) is 5.35. The highest BCUT2D eigenvalue weighted by Gasteiger charge is 2.16. The van der Waals surface area contributed by atoms with Crippen molar-refractivity contribution >= 4 is 11.9 Å². The number of hydrogen-bond donors (Lipinski definition) is 3. The molecule has 1 rings (SSSR count). The van der Waals surface area contributed by atoms with Crippen molar-refractivity contribution in [2.75, 3.05) is 6.54 Å². The van der Waals surface area contributed by atoms with Gasteiger partial charge in [0, 0.05) is 18.5 Å². The molecular weight excluding hydrogens is 258 g/mol. The summed E-state index contributed by atoms with van der Waals surface area (Å²) in [5.41, 5.74) is 0.446. The summed E-state index contributed by atoms with van der Waals surface area (Å²) in [6.07, 6.45) is 0.802. The first-order chi connectivity index (χ1) is 9.38. The van der Waals surface area contributed by atoms with Crippen LogP contribution in [0.3, 0.4) is 0 Å². The molecule has 1 atom stereocenters. The minimum atomic E-state index is -0.852. The molecule has 20 heavy (non-hydrogen) atoms. The van der Waals surface area contributed by atoms with Crippen molar-refractivity contribution in [3.63, 3.8) is 0 Å². The predicted molar refractivity (Wildman–Crippen MR) is 75.6 cm³/mol. The van der Waals surface area contributed by atoms with Crippen molar-refractivity contribution in [2.24, 2.45) is 11.8 Å². The molecule has 0 aliphatic heterocycles. The summed E-state index contributed by atoms with van der Waals surface area (Å²) in [5.74, 6) is -0.706. The molecule has 0 aliphatic rings. The number of benzene rings is 1. The van der Waals surface area contributed by atoms with E-state index in [1.165, 1.54) is 24.3 Å². The lowest BCUT2D eigenvalue weighted by Gasteiger charge is -2.17. The second-order valence-electron chi connectivity index (χ2n) is 5.35. The molecule has 0 saturated carbocycles. The van der Waals surface area contributed by atoms with Gasteiger partial charge in [0.1, 0.15) is 5.75 Å². The number of nitrogens with one attached hydrogen (secondary N) is 1. The molecule has 3 N–H and O–H groups in total. The average molecular weight is 279 g/mol. The Labute approximate surface area is 118 Å². The zero-order valence-corrected chi connectivity index (χ0v) is 11.8. The maximum atomic E-state index is 11.9. The third kappa shape index (κ3) is 5.73. The van der Waals surface area contributed by atoms with Crippen LogP contribution in [0.15, 0.2) is 24.3 Å². The van der Waals surface area contributed by atoms with Crippen molar-refractivity contribution in [3.05, 3.63) is 29.8 Å². The Morgan fingerprint density at radius 2 is 1.80 bits per heavy atom. The van der Waals surface area contributed by atoms with E-state index in [4.69, 9.17) is 10.2 Å². The average Bonchev–Trinajstić information content (AvgIpc) is 2.35. The Morgan fingerprint density at radius 3 is 2.30 bits per heavy atom. The molecule has 0 unspecified atom stereocenters. The van der Waals surface area contributed by atoms with E-state index >= 15 is 0 Å². The molecule has 5 heteroatoms. The molecule has 0 saturated heterocycles. The number of carbonyl (C=O) groups excluding carboxylic acids is 1. The third-order valence-corrected chi connectivity index (χ3v) is 2.95. The number of phenolic OH excluding ortho intramolecular Hbond substituents is 1. The number of carboxylic acid groups (broad SMARTS) is 1. The van der Waals surface area contributed by atoms with Crippen molar-refractivity contribution in [3.8, 4) is 5.75 Å². The highest BCUT2D eigenvalue weighted by atomic mass is 16.4. The summed E-state index contributed by atoms with van der Waals surface area (Å²) in [6.45, 7) is 4.39. The van der Waals surface area contributed by atoms with E-state index in [2.05, 4.69) is 5.32 Å². The van der Waals surface area contributed by atoms with Gasteiger partial charge in [-0.15, -0.1) is 0 Å². The van der Waals surface area contributed by atoms with Gasteiger partial charge in [-0.05, 0) is 42.5 Å². The van der Waals surface area contributed by atoms with E-state index in [9.17, 15) is 9.59 Å². The van der Waals surface area contributed by atoms with Gasteiger partial charge in [-0.1, -0.05) is 13.8 Å². The van der Waals surface area contributed by atoms with Crippen LogP contribution in [-0.4, -0.2) is 28.6 Å². The summed E-state index contributed by atoms with van der Waals surface area (Å²) in [6, 6.07) is 5.94.